The number of nitrogens with one attached hydrogen (secondary N) is 1. The number of aromatic nitrogens is 6. The molecule has 108 valence electrons. The summed E-state index contributed by atoms with van der Waals surface area (Å²) in [6.07, 6.45) is 2.70. The fraction of sp³-hybridized carbons (Fsp3) is 0.429. The second-order valence-corrected chi connectivity index (χ2v) is 5.31. The van der Waals surface area contributed by atoms with Crippen LogP contribution in [0.3, 0.4) is 0 Å². The van der Waals surface area contributed by atoms with E-state index in [0.717, 1.165) is 61.2 Å². The van der Waals surface area contributed by atoms with Crippen molar-refractivity contribution in [3.05, 3.63) is 35.8 Å². The Morgan fingerprint density at radius 2 is 2.24 bits per heavy atom. The molecule has 4 heterocycles. The van der Waals surface area contributed by atoms with Crippen molar-refractivity contribution in [2.75, 3.05) is 6.54 Å². The molecule has 1 aliphatic heterocycles. The minimum Gasteiger partial charge on any atom is -0.340 e. The van der Waals surface area contributed by atoms with Gasteiger partial charge in [0.25, 0.3) is 0 Å². The summed E-state index contributed by atoms with van der Waals surface area (Å²) in [5.74, 6) is 3.08. The van der Waals surface area contributed by atoms with Crippen molar-refractivity contribution >= 4 is 11.2 Å². The van der Waals surface area contributed by atoms with Gasteiger partial charge in [0.1, 0.15) is 17.5 Å². The van der Waals surface area contributed by atoms with Crippen molar-refractivity contribution in [2.24, 2.45) is 0 Å². The van der Waals surface area contributed by atoms with Gasteiger partial charge in [-0.1, -0.05) is 6.92 Å². The number of nitrogens with zero attached hydrogens (tertiary/aromatic N) is 6. The lowest BCUT2D eigenvalue weighted by atomic mass is 10.3. The van der Waals surface area contributed by atoms with Crippen LogP contribution in [-0.2, 0) is 26.1 Å². The maximum Gasteiger partial charge on any atom is 0.177 e. The Morgan fingerprint density at radius 3 is 3.10 bits per heavy atom. The van der Waals surface area contributed by atoms with E-state index in [1.807, 2.05) is 12.1 Å². The smallest absolute Gasteiger partial charge is 0.177 e. The third-order valence-corrected chi connectivity index (χ3v) is 3.90. The van der Waals surface area contributed by atoms with E-state index in [1.165, 1.54) is 0 Å². The van der Waals surface area contributed by atoms with E-state index in [2.05, 4.69) is 41.5 Å². The second-order valence-electron chi connectivity index (χ2n) is 5.31. The van der Waals surface area contributed by atoms with E-state index in [0.29, 0.717) is 0 Å². The molecule has 0 aliphatic carbocycles. The molecule has 0 radical (unpaired) electrons. The maximum absolute atomic E-state index is 4.53. The Labute approximate surface area is 122 Å². The molecular weight excluding hydrogens is 266 g/mol. The molecule has 0 saturated heterocycles. The maximum atomic E-state index is 4.53. The monoisotopic (exact) mass is 283 g/mol. The second kappa shape index (κ2) is 4.92. The van der Waals surface area contributed by atoms with Gasteiger partial charge in [-0.3, -0.25) is 4.90 Å². The highest BCUT2D eigenvalue weighted by molar-refractivity contribution is 5.69. The molecule has 0 amide bonds. The highest BCUT2D eigenvalue weighted by atomic mass is 15.3. The normalized spacial score (nSPS) is 15.5. The fourth-order valence-corrected chi connectivity index (χ4v) is 2.85. The van der Waals surface area contributed by atoms with Crippen molar-refractivity contribution in [1.82, 2.24) is 34.6 Å². The SMILES string of the molecule is CCc1nnc2n1CCN(Cc1nc3ncccc3[nH]1)C2. The number of pyridine rings is 1. The van der Waals surface area contributed by atoms with E-state index in [-0.39, 0.29) is 0 Å². The van der Waals surface area contributed by atoms with Gasteiger partial charge in [-0.25, -0.2) is 9.97 Å². The average Bonchev–Trinajstić information content (AvgIpc) is 3.09. The Morgan fingerprint density at radius 1 is 1.29 bits per heavy atom. The molecule has 0 aromatic carbocycles. The van der Waals surface area contributed by atoms with Gasteiger partial charge in [-0.2, -0.15) is 0 Å². The molecule has 7 heteroatoms. The van der Waals surface area contributed by atoms with Crippen LogP contribution in [0.1, 0.15) is 24.4 Å². The van der Waals surface area contributed by atoms with E-state index >= 15 is 0 Å². The number of fused-ring (bicyclic) bond motifs is 2. The summed E-state index contributed by atoms with van der Waals surface area (Å²) < 4.78 is 2.23. The molecule has 0 fully saturated rings. The first-order chi connectivity index (χ1) is 10.3. The number of imidazole rings is 1. The molecule has 1 aliphatic rings. The van der Waals surface area contributed by atoms with E-state index in [9.17, 15) is 0 Å². The average molecular weight is 283 g/mol. The van der Waals surface area contributed by atoms with Crippen LogP contribution in [0.15, 0.2) is 18.3 Å². The first-order valence-corrected chi connectivity index (χ1v) is 7.26. The number of hydrogen-bond acceptors (Lipinski definition) is 5. The fourth-order valence-electron chi connectivity index (χ4n) is 2.85. The number of hydrogen-bond donors (Lipinski definition) is 1. The summed E-state index contributed by atoms with van der Waals surface area (Å²) >= 11 is 0. The summed E-state index contributed by atoms with van der Waals surface area (Å²) in [6.45, 7) is 5.65. The zero-order chi connectivity index (χ0) is 14.2. The van der Waals surface area contributed by atoms with Crippen molar-refractivity contribution < 1.29 is 0 Å². The Bertz CT molecular complexity index is 740. The summed E-state index contributed by atoms with van der Waals surface area (Å²) in [7, 11) is 0. The highest BCUT2D eigenvalue weighted by Crippen LogP contribution is 2.16. The van der Waals surface area contributed by atoms with Gasteiger partial charge in [0.05, 0.1) is 18.6 Å². The molecule has 0 unspecified atom stereocenters. The summed E-state index contributed by atoms with van der Waals surface area (Å²) in [5.41, 5.74) is 1.77. The molecule has 0 atom stereocenters. The molecule has 7 nitrogen and oxygen atoms in total. The van der Waals surface area contributed by atoms with Gasteiger partial charge in [0.15, 0.2) is 5.65 Å². The van der Waals surface area contributed by atoms with Gasteiger partial charge in [0.2, 0.25) is 0 Å². The largest absolute Gasteiger partial charge is 0.340 e. The van der Waals surface area contributed by atoms with Gasteiger partial charge < -0.3 is 9.55 Å². The number of aryl methyl sites for hydroxylation is 1. The summed E-state index contributed by atoms with van der Waals surface area (Å²) in [4.78, 5) is 14.5. The molecule has 4 rings (SSSR count). The molecular formula is C14H17N7. The first kappa shape index (κ1) is 12.5. The zero-order valence-electron chi connectivity index (χ0n) is 12.0. The molecule has 0 bridgehead atoms. The Hall–Kier alpha value is -2.28. The lowest BCUT2D eigenvalue weighted by molar-refractivity contribution is 0.203. The third-order valence-electron chi connectivity index (χ3n) is 3.90. The minimum absolute atomic E-state index is 0.779. The molecule has 3 aromatic rings. The van der Waals surface area contributed by atoms with E-state index in [4.69, 9.17) is 0 Å². The van der Waals surface area contributed by atoms with Crippen LogP contribution in [0, 0.1) is 0 Å². The quantitative estimate of drug-likeness (QED) is 0.780. The van der Waals surface area contributed by atoms with Gasteiger partial charge in [-0.15, -0.1) is 10.2 Å². The van der Waals surface area contributed by atoms with E-state index in [1.54, 1.807) is 6.20 Å². The van der Waals surface area contributed by atoms with Crippen LogP contribution in [0.4, 0.5) is 0 Å². The number of aromatic amines is 1. The molecule has 3 aromatic heterocycles. The van der Waals surface area contributed by atoms with E-state index < -0.39 is 0 Å². The number of rotatable bonds is 3. The predicted octanol–water partition coefficient (Wildman–Crippen LogP) is 1.13. The minimum atomic E-state index is 0.779. The molecule has 0 spiro atoms. The third kappa shape index (κ3) is 2.19. The van der Waals surface area contributed by atoms with Crippen molar-refractivity contribution in [2.45, 2.75) is 33.0 Å². The van der Waals surface area contributed by atoms with Crippen molar-refractivity contribution in [3.8, 4) is 0 Å². The lowest BCUT2D eigenvalue weighted by Crippen LogP contribution is -2.34. The zero-order valence-corrected chi connectivity index (χ0v) is 12.0. The first-order valence-electron chi connectivity index (χ1n) is 7.26. The van der Waals surface area contributed by atoms with Crippen LogP contribution in [0.2, 0.25) is 0 Å². The van der Waals surface area contributed by atoms with Crippen molar-refractivity contribution in [1.29, 1.82) is 0 Å². The molecule has 0 saturated carbocycles. The van der Waals surface area contributed by atoms with Crippen LogP contribution in [0.5, 0.6) is 0 Å². The lowest BCUT2D eigenvalue weighted by Gasteiger charge is -2.26. The van der Waals surface area contributed by atoms with Crippen LogP contribution >= 0.6 is 0 Å². The van der Waals surface area contributed by atoms with Crippen LogP contribution in [0.25, 0.3) is 11.2 Å². The molecule has 1 N–H and O–H groups in total. The standard InChI is InChI=1S/C14H17N7/c1-2-12-18-19-13-9-20(6-7-21(12)13)8-11-16-10-4-3-5-15-14(10)17-11/h3-5H,2,6-9H2,1H3,(H,15,16,17). The van der Waals surface area contributed by atoms with Gasteiger partial charge >= 0.3 is 0 Å². The number of H-pyrrole nitrogens is 1. The Kier molecular flexibility index (Phi) is 2.92. The van der Waals surface area contributed by atoms with Crippen LogP contribution in [-0.4, -0.2) is 41.2 Å². The van der Waals surface area contributed by atoms with Crippen molar-refractivity contribution in [3.63, 3.8) is 0 Å². The highest BCUT2D eigenvalue weighted by Gasteiger charge is 2.21. The van der Waals surface area contributed by atoms with Gasteiger partial charge in [-0.05, 0) is 12.1 Å². The van der Waals surface area contributed by atoms with Gasteiger partial charge in [0, 0.05) is 25.7 Å². The van der Waals surface area contributed by atoms with Crippen LogP contribution < -0.4 is 0 Å². The summed E-state index contributed by atoms with van der Waals surface area (Å²) in [6, 6.07) is 3.92. The topological polar surface area (TPSA) is 75.5 Å². The molecule has 21 heavy (non-hydrogen) atoms. The predicted molar refractivity (Wildman–Crippen MR) is 77.4 cm³/mol. The summed E-state index contributed by atoms with van der Waals surface area (Å²) in [5, 5.41) is 8.54. The Balaban J connectivity index is 1.53.